The van der Waals surface area contributed by atoms with Crippen molar-refractivity contribution >= 4 is 0 Å². The molecule has 0 aromatic heterocycles. The highest BCUT2D eigenvalue weighted by atomic mass is 16.5. The molecule has 3 nitrogen and oxygen atoms in total. The zero-order chi connectivity index (χ0) is 10.3. The summed E-state index contributed by atoms with van der Waals surface area (Å²) in [7, 11) is 2.02. The van der Waals surface area contributed by atoms with E-state index < -0.39 is 0 Å². The number of nitriles is 1. The van der Waals surface area contributed by atoms with Crippen LogP contribution in [0.2, 0.25) is 0 Å². The minimum Gasteiger partial charge on any atom is -0.377 e. The van der Waals surface area contributed by atoms with Crippen molar-refractivity contribution in [3.05, 3.63) is 0 Å². The highest BCUT2D eigenvalue weighted by molar-refractivity contribution is 4.78. The Kier molecular flexibility index (Phi) is 6.56. The van der Waals surface area contributed by atoms with Crippen molar-refractivity contribution in [2.24, 2.45) is 0 Å². The Morgan fingerprint density at radius 3 is 2.46 bits per heavy atom. The summed E-state index contributed by atoms with van der Waals surface area (Å²) in [6.07, 6.45) is 0.873. The van der Waals surface area contributed by atoms with Crippen LogP contribution in [0.25, 0.3) is 0 Å². The summed E-state index contributed by atoms with van der Waals surface area (Å²) in [6.45, 7) is 7.74. The average molecular weight is 184 g/mol. The number of hydrogen-bond donors (Lipinski definition) is 0. The van der Waals surface area contributed by atoms with Gasteiger partial charge < -0.3 is 9.64 Å². The molecule has 0 aromatic carbocycles. The van der Waals surface area contributed by atoms with Gasteiger partial charge in [-0.3, -0.25) is 0 Å². The number of nitrogens with zero attached hydrogens (tertiary/aromatic N) is 2. The van der Waals surface area contributed by atoms with E-state index in [1.54, 1.807) is 0 Å². The Balaban J connectivity index is 3.50. The molecule has 0 aliphatic heterocycles. The third-order valence-corrected chi connectivity index (χ3v) is 2.03. The van der Waals surface area contributed by atoms with Gasteiger partial charge in [0.2, 0.25) is 0 Å². The quantitative estimate of drug-likeness (QED) is 0.629. The molecule has 0 fully saturated rings. The number of rotatable bonds is 6. The fourth-order valence-electron chi connectivity index (χ4n) is 0.941. The first-order valence-corrected chi connectivity index (χ1v) is 4.76. The third-order valence-electron chi connectivity index (χ3n) is 2.03. The van der Waals surface area contributed by atoms with Crippen molar-refractivity contribution in [2.75, 3.05) is 20.2 Å². The van der Waals surface area contributed by atoms with Crippen LogP contribution >= 0.6 is 0 Å². The minimum absolute atomic E-state index is 0.291. The van der Waals surface area contributed by atoms with Crippen LogP contribution in [-0.2, 0) is 4.74 Å². The van der Waals surface area contributed by atoms with Gasteiger partial charge in [0.1, 0.15) is 0 Å². The van der Waals surface area contributed by atoms with E-state index in [2.05, 4.69) is 17.9 Å². The topological polar surface area (TPSA) is 36.3 Å². The summed E-state index contributed by atoms with van der Waals surface area (Å²) in [6, 6.07) is 2.49. The van der Waals surface area contributed by atoms with E-state index in [9.17, 15) is 0 Å². The van der Waals surface area contributed by atoms with Crippen molar-refractivity contribution < 1.29 is 4.74 Å². The lowest BCUT2D eigenvalue weighted by Crippen LogP contribution is -2.32. The monoisotopic (exact) mass is 184 g/mol. The van der Waals surface area contributed by atoms with Gasteiger partial charge in [0.15, 0.2) is 0 Å². The maximum Gasteiger partial charge on any atom is 0.0638 e. The zero-order valence-corrected chi connectivity index (χ0v) is 9.08. The molecule has 76 valence electrons. The molecule has 0 spiro atoms. The molecule has 0 N–H and O–H groups in total. The van der Waals surface area contributed by atoms with Gasteiger partial charge in [-0.2, -0.15) is 5.26 Å². The van der Waals surface area contributed by atoms with Gasteiger partial charge in [-0.05, 0) is 27.8 Å². The van der Waals surface area contributed by atoms with Gasteiger partial charge in [-0.15, -0.1) is 0 Å². The lowest BCUT2D eigenvalue weighted by atomic mass is 10.2. The Hall–Kier alpha value is -0.590. The van der Waals surface area contributed by atoms with Crippen molar-refractivity contribution in [1.82, 2.24) is 4.90 Å². The molecular formula is C10H20N2O. The van der Waals surface area contributed by atoms with E-state index in [4.69, 9.17) is 10.00 Å². The Morgan fingerprint density at radius 2 is 2.00 bits per heavy atom. The van der Waals surface area contributed by atoms with Crippen LogP contribution in [0.4, 0.5) is 0 Å². The molecule has 1 unspecified atom stereocenters. The first-order chi connectivity index (χ1) is 6.07. The minimum atomic E-state index is 0.291. The highest BCUT2D eigenvalue weighted by Gasteiger charge is 2.07. The highest BCUT2D eigenvalue weighted by Crippen LogP contribution is 1.99. The molecule has 13 heavy (non-hydrogen) atoms. The molecule has 0 saturated carbocycles. The predicted octanol–water partition coefficient (Wildman–Crippen LogP) is 1.65. The van der Waals surface area contributed by atoms with E-state index in [0.29, 0.717) is 18.6 Å². The van der Waals surface area contributed by atoms with E-state index >= 15 is 0 Å². The molecule has 0 rings (SSSR count). The summed E-state index contributed by atoms with van der Waals surface area (Å²) >= 11 is 0. The summed E-state index contributed by atoms with van der Waals surface area (Å²) in [5.74, 6) is 0. The van der Waals surface area contributed by atoms with Crippen LogP contribution in [-0.4, -0.2) is 37.2 Å². The molecule has 0 aliphatic carbocycles. The third kappa shape index (κ3) is 6.56. The molecule has 3 heteroatoms. The van der Waals surface area contributed by atoms with E-state index in [0.717, 1.165) is 13.2 Å². The van der Waals surface area contributed by atoms with E-state index in [1.807, 2.05) is 20.9 Å². The van der Waals surface area contributed by atoms with Crippen LogP contribution in [0.1, 0.15) is 27.2 Å². The van der Waals surface area contributed by atoms with Crippen LogP contribution in [0.15, 0.2) is 0 Å². The van der Waals surface area contributed by atoms with Gasteiger partial charge in [-0.1, -0.05) is 0 Å². The maximum absolute atomic E-state index is 8.49. The van der Waals surface area contributed by atoms with Crippen molar-refractivity contribution in [2.45, 2.75) is 39.3 Å². The first kappa shape index (κ1) is 12.4. The molecule has 0 saturated heterocycles. The van der Waals surface area contributed by atoms with Crippen molar-refractivity contribution in [3.8, 4) is 6.07 Å². The van der Waals surface area contributed by atoms with Gasteiger partial charge in [0.05, 0.1) is 25.2 Å². The van der Waals surface area contributed by atoms with Crippen LogP contribution in [0.3, 0.4) is 0 Å². The summed E-state index contributed by atoms with van der Waals surface area (Å²) in [5, 5.41) is 8.49. The predicted molar refractivity (Wildman–Crippen MR) is 53.4 cm³/mol. The second-order valence-electron chi connectivity index (χ2n) is 3.61. The number of likely N-dealkylation sites (N-methyl/N-ethyl adjacent to an activating group) is 1. The average Bonchev–Trinajstić information content (AvgIpc) is 2.04. The summed E-state index contributed by atoms with van der Waals surface area (Å²) in [4.78, 5) is 2.14. The molecule has 0 radical (unpaired) electrons. The Labute approximate surface area is 81.3 Å². The van der Waals surface area contributed by atoms with Gasteiger partial charge in [0, 0.05) is 12.6 Å². The fraction of sp³-hybridized carbons (Fsp3) is 0.900. The second-order valence-corrected chi connectivity index (χ2v) is 3.61. The molecule has 0 aliphatic rings. The zero-order valence-electron chi connectivity index (χ0n) is 9.08. The van der Waals surface area contributed by atoms with Crippen LogP contribution in [0.5, 0.6) is 0 Å². The second kappa shape index (κ2) is 6.88. The molecule has 0 heterocycles. The largest absolute Gasteiger partial charge is 0.377 e. The summed E-state index contributed by atoms with van der Waals surface area (Å²) in [5.41, 5.74) is 0. The maximum atomic E-state index is 8.49. The van der Waals surface area contributed by atoms with Crippen molar-refractivity contribution in [1.29, 1.82) is 5.26 Å². The summed E-state index contributed by atoms with van der Waals surface area (Å²) < 4.78 is 5.42. The molecule has 0 aromatic rings. The van der Waals surface area contributed by atoms with Crippen LogP contribution < -0.4 is 0 Å². The van der Waals surface area contributed by atoms with Gasteiger partial charge in [0.25, 0.3) is 0 Å². The van der Waals surface area contributed by atoms with E-state index in [1.165, 1.54) is 0 Å². The smallest absolute Gasteiger partial charge is 0.0638 e. The number of hydrogen-bond acceptors (Lipinski definition) is 3. The van der Waals surface area contributed by atoms with Crippen LogP contribution in [0, 0.1) is 11.3 Å². The lowest BCUT2D eigenvalue weighted by Gasteiger charge is -2.22. The fourth-order valence-corrected chi connectivity index (χ4v) is 0.941. The molecular weight excluding hydrogens is 164 g/mol. The molecule has 0 bridgehead atoms. The molecule has 1 atom stereocenters. The number of ether oxygens (including phenoxy) is 1. The van der Waals surface area contributed by atoms with Crippen molar-refractivity contribution in [3.63, 3.8) is 0 Å². The SMILES string of the molecule is CC(C)OCCN(C)C(C)CC#N. The Morgan fingerprint density at radius 1 is 1.38 bits per heavy atom. The molecule has 0 amide bonds. The van der Waals surface area contributed by atoms with Gasteiger partial charge >= 0.3 is 0 Å². The van der Waals surface area contributed by atoms with Gasteiger partial charge in [-0.25, -0.2) is 0 Å². The standard InChI is InChI=1S/C10H20N2O/c1-9(2)13-8-7-12(4)10(3)5-6-11/h9-10H,5,7-8H2,1-4H3. The normalized spacial score (nSPS) is 13.3. The first-order valence-electron chi connectivity index (χ1n) is 4.76. The lowest BCUT2D eigenvalue weighted by molar-refractivity contribution is 0.0577. The van der Waals surface area contributed by atoms with E-state index in [-0.39, 0.29) is 0 Å². The Bertz CT molecular complexity index is 163.